The summed E-state index contributed by atoms with van der Waals surface area (Å²) in [6.07, 6.45) is 0. The van der Waals surface area contributed by atoms with E-state index in [0.717, 1.165) is 12.1 Å². The average Bonchev–Trinajstić information content (AvgIpc) is 2.72. The summed E-state index contributed by atoms with van der Waals surface area (Å²) < 4.78 is 27.8. The summed E-state index contributed by atoms with van der Waals surface area (Å²) in [4.78, 5) is 28.8. The van der Waals surface area contributed by atoms with Crippen molar-refractivity contribution >= 4 is 22.4 Å². The van der Waals surface area contributed by atoms with Crippen LogP contribution in [0.5, 0.6) is 0 Å². The molecule has 1 aliphatic heterocycles. The molecule has 0 N–H and O–H groups in total. The lowest BCUT2D eigenvalue weighted by Gasteiger charge is -2.36. The van der Waals surface area contributed by atoms with Gasteiger partial charge in [0.1, 0.15) is 0 Å². The molecule has 28 heavy (non-hydrogen) atoms. The fourth-order valence-electron chi connectivity index (χ4n) is 3.46. The molecule has 6 nitrogen and oxygen atoms in total. The van der Waals surface area contributed by atoms with Crippen LogP contribution in [-0.2, 0) is 7.05 Å². The molecule has 0 unspecified atom stereocenters. The first-order valence-electron chi connectivity index (χ1n) is 8.91. The van der Waals surface area contributed by atoms with E-state index in [9.17, 15) is 18.4 Å². The number of amides is 1. The first kappa shape index (κ1) is 18.1. The van der Waals surface area contributed by atoms with E-state index in [1.807, 2.05) is 4.90 Å². The van der Waals surface area contributed by atoms with Gasteiger partial charge < -0.3 is 9.80 Å². The average molecular weight is 384 g/mol. The number of benzene rings is 2. The maximum atomic E-state index is 13.5. The Morgan fingerprint density at radius 1 is 0.964 bits per heavy atom. The third-order valence-corrected chi connectivity index (χ3v) is 4.99. The van der Waals surface area contributed by atoms with E-state index in [0.29, 0.717) is 42.6 Å². The second-order valence-corrected chi connectivity index (χ2v) is 6.70. The molecule has 0 radical (unpaired) electrons. The summed E-state index contributed by atoms with van der Waals surface area (Å²) in [5, 5.41) is 5.16. The molecule has 1 fully saturated rings. The Labute approximate surface area is 159 Å². The van der Waals surface area contributed by atoms with Gasteiger partial charge in [-0.3, -0.25) is 9.59 Å². The Bertz CT molecular complexity index is 1120. The van der Waals surface area contributed by atoms with Gasteiger partial charge in [-0.15, -0.1) is 0 Å². The number of rotatable bonds is 2. The monoisotopic (exact) mass is 384 g/mol. The van der Waals surface area contributed by atoms with E-state index in [1.165, 1.54) is 17.8 Å². The van der Waals surface area contributed by atoms with Crippen LogP contribution in [0, 0.1) is 11.6 Å². The van der Waals surface area contributed by atoms with Crippen LogP contribution in [0.25, 0.3) is 10.8 Å². The van der Waals surface area contributed by atoms with Gasteiger partial charge in [0.05, 0.1) is 5.39 Å². The Kier molecular flexibility index (Phi) is 4.54. The third kappa shape index (κ3) is 3.11. The van der Waals surface area contributed by atoms with E-state index >= 15 is 0 Å². The van der Waals surface area contributed by atoms with Gasteiger partial charge in [-0.2, -0.15) is 5.10 Å². The summed E-state index contributed by atoms with van der Waals surface area (Å²) in [7, 11) is 1.52. The van der Waals surface area contributed by atoms with Gasteiger partial charge in [0, 0.05) is 50.4 Å². The van der Waals surface area contributed by atoms with E-state index in [4.69, 9.17) is 0 Å². The highest BCUT2D eigenvalue weighted by atomic mass is 19.2. The zero-order chi connectivity index (χ0) is 19.8. The summed E-state index contributed by atoms with van der Waals surface area (Å²) in [5.41, 5.74) is 0.561. The minimum absolute atomic E-state index is 0.235. The van der Waals surface area contributed by atoms with Crippen molar-refractivity contribution in [2.45, 2.75) is 0 Å². The molecule has 1 saturated heterocycles. The van der Waals surface area contributed by atoms with Crippen LogP contribution >= 0.6 is 0 Å². The van der Waals surface area contributed by atoms with Crippen molar-refractivity contribution in [3.05, 3.63) is 70.1 Å². The number of carbonyl (C=O) groups excluding carboxylic acids is 1. The molecule has 144 valence electrons. The molecule has 1 amide bonds. The zero-order valence-corrected chi connectivity index (χ0v) is 15.2. The van der Waals surface area contributed by atoms with Gasteiger partial charge in [0.25, 0.3) is 11.5 Å². The lowest BCUT2D eigenvalue weighted by atomic mass is 10.1. The molecular formula is C20H18F2N4O2. The Morgan fingerprint density at radius 3 is 2.32 bits per heavy atom. The van der Waals surface area contributed by atoms with Crippen LogP contribution in [0.2, 0.25) is 0 Å². The van der Waals surface area contributed by atoms with E-state index in [1.54, 1.807) is 29.2 Å². The highest BCUT2D eigenvalue weighted by molar-refractivity contribution is 6.04. The number of aromatic nitrogens is 2. The van der Waals surface area contributed by atoms with Gasteiger partial charge in [-0.25, -0.2) is 13.5 Å². The second kappa shape index (κ2) is 7.03. The topological polar surface area (TPSA) is 58.4 Å². The predicted molar refractivity (Wildman–Crippen MR) is 101 cm³/mol. The van der Waals surface area contributed by atoms with E-state index in [-0.39, 0.29) is 17.2 Å². The highest BCUT2D eigenvalue weighted by Gasteiger charge is 2.26. The number of fused-ring (bicyclic) bond motifs is 1. The molecule has 0 spiro atoms. The molecule has 2 aromatic carbocycles. The lowest BCUT2D eigenvalue weighted by Crippen LogP contribution is -2.49. The molecule has 8 heteroatoms. The summed E-state index contributed by atoms with van der Waals surface area (Å²) >= 11 is 0. The Hall–Kier alpha value is -3.29. The van der Waals surface area contributed by atoms with Crippen molar-refractivity contribution in [1.29, 1.82) is 0 Å². The quantitative estimate of drug-likeness (QED) is 0.680. The molecule has 0 aliphatic carbocycles. The Morgan fingerprint density at radius 2 is 1.64 bits per heavy atom. The van der Waals surface area contributed by atoms with Crippen LogP contribution in [-0.4, -0.2) is 46.8 Å². The van der Waals surface area contributed by atoms with Crippen LogP contribution < -0.4 is 10.5 Å². The van der Waals surface area contributed by atoms with Crippen LogP contribution in [0.4, 0.5) is 14.5 Å². The molecule has 0 saturated carbocycles. The number of anilines is 1. The van der Waals surface area contributed by atoms with Gasteiger partial charge in [-0.05, 0) is 18.2 Å². The van der Waals surface area contributed by atoms with Gasteiger partial charge in [0.15, 0.2) is 17.3 Å². The summed E-state index contributed by atoms with van der Waals surface area (Å²) in [6.45, 7) is 1.80. The fourth-order valence-corrected chi connectivity index (χ4v) is 3.46. The fraction of sp³-hybridized carbons (Fsp3) is 0.250. The van der Waals surface area contributed by atoms with Crippen molar-refractivity contribution in [3.63, 3.8) is 0 Å². The number of aryl methyl sites for hydroxylation is 1. The van der Waals surface area contributed by atoms with Gasteiger partial charge in [-0.1, -0.05) is 18.2 Å². The minimum atomic E-state index is -0.892. The van der Waals surface area contributed by atoms with Crippen LogP contribution in [0.1, 0.15) is 10.5 Å². The SMILES string of the molecule is Cn1nc(C(=O)N2CCN(c3ccc(F)c(F)c3)CC2)c2ccccc2c1=O. The van der Waals surface area contributed by atoms with Crippen LogP contribution in [0.15, 0.2) is 47.3 Å². The van der Waals surface area contributed by atoms with Crippen molar-refractivity contribution in [2.75, 3.05) is 31.1 Å². The van der Waals surface area contributed by atoms with E-state index in [2.05, 4.69) is 5.10 Å². The zero-order valence-electron chi connectivity index (χ0n) is 15.2. The van der Waals surface area contributed by atoms with Gasteiger partial charge >= 0.3 is 0 Å². The van der Waals surface area contributed by atoms with Crippen molar-refractivity contribution in [3.8, 4) is 0 Å². The third-order valence-electron chi connectivity index (χ3n) is 4.99. The number of hydrogen-bond donors (Lipinski definition) is 0. The molecule has 1 aromatic heterocycles. The molecule has 3 aromatic rings. The second-order valence-electron chi connectivity index (χ2n) is 6.70. The minimum Gasteiger partial charge on any atom is -0.368 e. The molecule has 4 rings (SSSR count). The number of nitrogens with zero attached hydrogens (tertiary/aromatic N) is 4. The molecule has 1 aliphatic rings. The highest BCUT2D eigenvalue weighted by Crippen LogP contribution is 2.21. The largest absolute Gasteiger partial charge is 0.368 e. The number of carbonyl (C=O) groups is 1. The summed E-state index contributed by atoms with van der Waals surface area (Å²) in [6, 6.07) is 10.7. The van der Waals surface area contributed by atoms with Gasteiger partial charge in [0.2, 0.25) is 0 Å². The molecule has 2 heterocycles. The number of piperazine rings is 1. The predicted octanol–water partition coefficient (Wildman–Crippen LogP) is 2.17. The van der Waals surface area contributed by atoms with Crippen molar-refractivity contribution in [2.24, 2.45) is 7.05 Å². The maximum Gasteiger partial charge on any atom is 0.275 e. The van der Waals surface area contributed by atoms with Crippen LogP contribution in [0.3, 0.4) is 0 Å². The lowest BCUT2D eigenvalue weighted by molar-refractivity contribution is 0.0740. The number of halogens is 2. The number of hydrogen-bond acceptors (Lipinski definition) is 4. The molecular weight excluding hydrogens is 366 g/mol. The Balaban J connectivity index is 1.56. The smallest absolute Gasteiger partial charge is 0.275 e. The van der Waals surface area contributed by atoms with Crippen molar-refractivity contribution in [1.82, 2.24) is 14.7 Å². The summed E-state index contributed by atoms with van der Waals surface area (Å²) in [5.74, 6) is -2.03. The normalized spacial score (nSPS) is 14.5. The first-order valence-corrected chi connectivity index (χ1v) is 8.91. The molecule has 0 bridgehead atoms. The standard InChI is InChI=1S/C20H18F2N4O2/c1-24-19(27)15-5-3-2-4-14(15)18(23-24)20(28)26-10-8-25(9-11-26)13-6-7-16(21)17(22)12-13/h2-7,12H,8-11H2,1H3. The van der Waals surface area contributed by atoms with Crippen molar-refractivity contribution < 1.29 is 13.6 Å². The molecule has 0 atom stereocenters. The first-order chi connectivity index (χ1) is 13.5. The van der Waals surface area contributed by atoms with E-state index < -0.39 is 11.6 Å². The maximum absolute atomic E-state index is 13.5.